The molecule has 2 heterocycles. The molecule has 0 saturated carbocycles. The smallest absolute Gasteiger partial charge is 0.239 e. The Morgan fingerprint density at radius 3 is 2.66 bits per heavy atom. The highest BCUT2D eigenvalue weighted by Gasteiger charge is 2.34. The van der Waals surface area contributed by atoms with Crippen LogP contribution in [-0.4, -0.2) is 61.1 Å². The van der Waals surface area contributed by atoms with E-state index in [1.54, 1.807) is 0 Å². The number of nitrogens with one attached hydrogen (secondary N) is 2. The first-order valence-electron chi connectivity index (χ1n) is 9.40. The van der Waals surface area contributed by atoms with Crippen molar-refractivity contribution in [1.29, 1.82) is 0 Å². The van der Waals surface area contributed by atoms with E-state index in [1.165, 1.54) is 0 Å². The Balaban J connectivity index is 0.00000210. The van der Waals surface area contributed by atoms with Gasteiger partial charge in [0.25, 0.3) is 0 Å². The van der Waals surface area contributed by atoms with Gasteiger partial charge in [-0.3, -0.25) is 9.59 Å². The molecule has 0 bridgehead atoms. The Morgan fingerprint density at radius 2 is 2.00 bits per heavy atom. The van der Waals surface area contributed by atoms with Gasteiger partial charge in [0, 0.05) is 38.5 Å². The summed E-state index contributed by atoms with van der Waals surface area (Å²) in [5.41, 5.74) is 6.42. The number of nitrogens with two attached hydrogens (primary N) is 1. The largest absolute Gasteiger partial charge is 0.489 e. The average Bonchev–Trinajstić information content (AvgIpc) is 3.13. The number of hydrogen-bond acceptors (Lipinski definition) is 5. The van der Waals surface area contributed by atoms with E-state index in [-0.39, 0.29) is 61.4 Å². The molecule has 1 aromatic carbocycles. The van der Waals surface area contributed by atoms with Crippen molar-refractivity contribution in [2.75, 3.05) is 26.2 Å². The molecule has 164 valence electrons. The minimum absolute atomic E-state index is 0. The van der Waals surface area contributed by atoms with Gasteiger partial charge < -0.3 is 26.0 Å². The summed E-state index contributed by atoms with van der Waals surface area (Å²) in [7, 11) is 0. The lowest BCUT2D eigenvalue weighted by atomic mass is 10.1. The van der Waals surface area contributed by atoms with Crippen molar-refractivity contribution in [2.24, 2.45) is 5.73 Å². The third-order valence-corrected chi connectivity index (χ3v) is 5.43. The normalized spacial score (nSPS) is 21.7. The molecule has 10 heteroatoms. The summed E-state index contributed by atoms with van der Waals surface area (Å²) in [5.74, 6) is 0.603. The number of ether oxygens (including phenoxy) is 1. The topological polar surface area (TPSA) is 96.7 Å². The Hall–Kier alpha value is -1.25. The van der Waals surface area contributed by atoms with Crippen LogP contribution in [0.1, 0.15) is 24.8 Å². The van der Waals surface area contributed by atoms with Crippen LogP contribution in [0.4, 0.5) is 0 Å². The fourth-order valence-electron chi connectivity index (χ4n) is 3.62. The van der Waals surface area contributed by atoms with Crippen LogP contribution < -0.4 is 21.1 Å². The standard InChI is InChI=1S/C19H27ClN4O3.2ClH/c1-12-2-3-15(20)17(8-12)27-14-4-6-24(7-5-14)19(26)16-9-13(11-22-16)23-18(25)10-21;;/h2-3,8,13-14,16,22H,4-7,9-11,21H2,1H3,(H,23,25);2*1H/t13?,16-;;/m1../s1. The SMILES string of the molecule is Cc1ccc(Cl)c(OC2CCN(C(=O)[C@H]3CC(NC(=O)CN)CN3)CC2)c1.Cl.Cl. The second-order valence-corrected chi connectivity index (χ2v) is 7.65. The molecule has 2 aliphatic rings. The monoisotopic (exact) mass is 466 g/mol. The van der Waals surface area contributed by atoms with Crippen LogP contribution in [-0.2, 0) is 9.59 Å². The molecular weight excluding hydrogens is 439 g/mol. The first-order chi connectivity index (χ1) is 13.0. The quantitative estimate of drug-likeness (QED) is 0.612. The molecule has 2 aliphatic heterocycles. The van der Waals surface area contributed by atoms with Crippen molar-refractivity contribution in [3.05, 3.63) is 28.8 Å². The predicted molar refractivity (Wildman–Crippen MR) is 118 cm³/mol. The Bertz CT molecular complexity index is 699. The van der Waals surface area contributed by atoms with E-state index >= 15 is 0 Å². The number of benzene rings is 1. The molecule has 4 N–H and O–H groups in total. The summed E-state index contributed by atoms with van der Waals surface area (Å²) in [6.45, 7) is 3.87. The molecule has 29 heavy (non-hydrogen) atoms. The van der Waals surface area contributed by atoms with Gasteiger partial charge in [-0.2, -0.15) is 0 Å². The lowest BCUT2D eigenvalue weighted by Crippen LogP contribution is -2.48. The van der Waals surface area contributed by atoms with Crippen molar-refractivity contribution in [2.45, 2.75) is 44.4 Å². The number of hydrogen-bond donors (Lipinski definition) is 3. The number of carbonyl (C=O) groups is 2. The maximum atomic E-state index is 12.7. The number of likely N-dealkylation sites (tertiary alicyclic amines) is 1. The van der Waals surface area contributed by atoms with Crippen LogP contribution in [0.5, 0.6) is 5.75 Å². The lowest BCUT2D eigenvalue weighted by Gasteiger charge is -2.33. The molecule has 1 unspecified atom stereocenters. The van der Waals surface area contributed by atoms with Gasteiger partial charge in [-0.25, -0.2) is 0 Å². The van der Waals surface area contributed by atoms with Crippen molar-refractivity contribution >= 4 is 48.2 Å². The third-order valence-electron chi connectivity index (χ3n) is 5.11. The van der Waals surface area contributed by atoms with Gasteiger partial charge in [-0.15, -0.1) is 24.8 Å². The summed E-state index contributed by atoms with van der Waals surface area (Å²) >= 11 is 6.21. The van der Waals surface area contributed by atoms with Gasteiger partial charge in [-0.05, 0) is 31.0 Å². The van der Waals surface area contributed by atoms with Gasteiger partial charge in [0.05, 0.1) is 17.6 Å². The number of piperidine rings is 1. The minimum Gasteiger partial charge on any atom is -0.489 e. The summed E-state index contributed by atoms with van der Waals surface area (Å²) in [6.07, 6.45) is 2.20. The Labute approximate surface area is 188 Å². The number of halogens is 3. The highest BCUT2D eigenvalue weighted by Crippen LogP contribution is 2.28. The molecule has 0 aliphatic carbocycles. The second kappa shape index (κ2) is 11.8. The number of nitrogens with zero attached hydrogens (tertiary/aromatic N) is 1. The number of aryl methyl sites for hydroxylation is 1. The van der Waals surface area contributed by atoms with Crippen molar-refractivity contribution in [3.8, 4) is 5.75 Å². The molecule has 0 radical (unpaired) electrons. The summed E-state index contributed by atoms with van der Waals surface area (Å²) in [5, 5.41) is 6.64. The molecule has 0 aromatic heterocycles. The third kappa shape index (κ3) is 6.89. The van der Waals surface area contributed by atoms with Gasteiger partial charge >= 0.3 is 0 Å². The second-order valence-electron chi connectivity index (χ2n) is 7.24. The van der Waals surface area contributed by atoms with Gasteiger partial charge in [0.2, 0.25) is 11.8 Å². The van der Waals surface area contributed by atoms with Crippen LogP contribution in [0.25, 0.3) is 0 Å². The number of rotatable bonds is 5. The van der Waals surface area contributed by atoms with Crippen LogP contribution in [0.15, 0.2) is 18.2 Å². The molecule has 3 rings (SSSR count). The summed E-state index contributed by atoms with van der Waals surface area (Å²) in [4.78, 5) is 26.0. The Kier molecular flexibility index (Phi) is 10.5. The van der Waals surface area contributed by atoms with E-state index in [4.69, 9.17) is 22.1 Å². The molecule has 2 atom stereocenters. The van der Waals surface area contributed by atoms with Gasteiger partial charge in [0.1, 0.15) is 11.9 Å². The summed E-state index contributed by atoms with van der Waals surface area (Å²) in [6, 6.07) is 5.44. The first-order valence-corrected chi connectivity index (χ1v) is 9.78. The van der Waals surface area contributed by atoms with E-state index in [1.807, 2.05) is 30.0 Å². The average molecular weight is 468 g/mol. The zero-order valence-corrected chi connectivity index (χ0v) is 18.7. The van der Waals surface area contributed by atoms with E-state index in [9.17, 15) is 9.59 Å². The van der Waals surface area contributed by atoms with Crippen molar-refractivity contribution in [1.82, 2.24) is 15.5 Å². The maximum Gasteiger partial charge on any atom is 0.239 e. The molecular formula is C19H29Cl3N4O3. The zero-order valence-electron chi connectivity index (χ0n) is 16.4. The van der Waals surface area contributed by atoms with Gasteiger partial charge in [0.15, 0.2) is 0 Å². The maximum absolute atomic E-state index is 12.7. The zero-order chi connectivity index (χ0) is 19.4. The van der Waals surface area contributed by atoms with Crippen molar-refractivity contribution < 1.29 is 14.3 Å². The predicted octanol–water partition coefficient (Wildman–Crippen LogP) is 1.67. The Morgan fingerprint density at radius 1 is 1.31 bits per heavy atom. The van der Waals surface area contributed by atoms with E-state index in [0.29, 0.717) is 36.8 Å². The molecule has 2 fully saturated rings. The molecule has 7 nitrogen and oxygen atoms in total. The van der Waals surface area contributed by atoms with Gasteiger partial charge in [-0.1, -0.05) is 17.7 Å². The minimum atomic E-state index is -0.253. The van der Waals surface area contributed by atoms with E-state index in [0.717, 1.165) is 18.4 Å². The fraction of sp³-hybridized carbons (Fsp3) is 0.579. The molecule has 2 saturated heterocycles. The number of carbonyl (C=O) groups excluding carboxylic acids is 2. The van der Waals surface area contributed by atoms with Crippen LogP contribution >= 0.6 is 36.4 Å². The van der Waals surface area contributed by atoms with Crippen LogP contribution in [0.3, 0.4) is 0 Å². The lowest BCUT2D eigenvalue weighted by molar-refractivity contribution is -0.135. The molecule has 2 amide bonds. The summed E-state index contributed by atoms with van der Waals surface area (Å²) < 4.78 is 6.05. The van der Waals surface area contributed by atoms with Crippen LogP contribution in [0.2, 0.25) is 5.02 Å². The highest BCUT2D eigenvalue weighted by atomic mass is 35.5. The number of amides is 2. The molecule has 1 aromatic rings. The molecule has 0 spiro atoms. The first kappa shape index (κ1) is 25.8. The van der Waals surface area contributed by atoms with E-state index < -0.39 is 0 Å². The fourth-order valence-corrected chi connectivity index (χ4v) is 3.78. The highest BCUT2D eigenvalue weighted by molar-refractivity contribution is 6.32. The van der Waals surface area contributed by atoms with Crippen molar-refractivity contribution in [3.63, 3.8) is 0 Å². The van der Waals surface area contributed by atoms with Crippen LogP contribution in [0, 0.1) is 6.92 Å². The van der Waals surface area contributed by atoms with E-state index in [2.05, 4.69) is 10.6 Å².